The van der Waals surface area contributed by atoms with Crippen LogP contribution in [0.5, 0.6) is 0 Å². The normalized spacial score (nSPS) is 20.8. The van der Waals surface area contributed by atoms with E-state index in [1.807, 2.05) is 37.3 Å². The molecule has 5 nitrogen and oxygen atoms in total. The number of rotatable bonds is 6. The van der Waals surface area contributed by atoms with Crippen LogP contribution in [0.1, 0.15) is 25.3 Å². The van der Waals surface area contributed by atoms with Gasteiger partial charge in [-0.05, 0) is 31.7 Å². The second-order valence-electron chi connectivity index (χ2n) is 5.53. The largest absolute Gasteiger partial charge is 0.394 e. The molecule has 116 valence electrons. The van der Waals surface area contributed by atoms with E-state index in [0.29, 0.717) is 6.42 Å². The van der Waals surface area contributed by atoms with Crippen LogP contribution in [0.3, 0.4) is 0 Å². The second kappa shape index (κ2) is 8.00. The van der Waals surface area contributed by atoms with Crippen LogP contribution in [-0.4, -0.2) is 42.5 Å². The molecule has 2 rings (SSSR count). The van der Waals surface area contributed by atoms with Gasteiger partial charge in [0.05, 0.1) is 24.8 Å². The molecule has 1 fully saturated rings. The van der Waals surface area contributed by atoms with Crippen LogP contribution < -0.4 is 10.6 Å². The van der Waals surface area contributed by atoms with Gasteiger partial charge >= 0.3 is 6.03 Å². The van der Waals surface area contributed by atoms with E-state index in [4.69, 9.17) is 4.74 Å². The van der Waals surface area contributed by atoms with Gasteiger partial charge in [-0.3, -0.25) is 0 Å². The highest BCUT2D eigenvalue weighted by Crippen LogP contribution is 2.15. The Morgan fingerprint density at radius 1 is 1.38 bits per heavy atom. The zero-order chi connectivity index (χ0) is 15.1. The summed E-state index contributed by atoms with van der Waals surface area (Å²) >= 11 is 0. The molecule has 3 atom stereocenters. The first kappa shape index (κ1) is 15.8. The lowest BCUT2D eigenvalue weighted by molar-refractivity contribution is 0.0856. The van der Waals surface area contributed by atoms with Crippen LogP contribution in [0.4, 0.5) is 4.79 Å². The molecule has 0 saturated carbocycles. The summed E-state index contributed by atoms with van der Waals surface area (Å²) in [5.74, 6) is 0. The van der Waals surface area contributed by atoms with Gasteiger partial charge in [0.15, 0.2) is 0 Å². The fraction of sp³-hybridized carbons (Fsp3) is 0.562. The van der Waals surface area contributed by atoms with Gasteiger partial charge in [-0.2, -0.15) is 0 Å². The van der Waals surface area contributed by atoms with Crippen molar-refractivity contribution in [3.8, 4) is 0 Å². The summed E-state index contributed by atoms with van der Waals surface area (Å²) in [6.45, 7) is 2.63. The van der Waals surface area contributed by atoms with Gasteiger partial charge in [0.25, 0.3) is 0 Å². The van der Waals surface area contributed by atoms with E-state index in [2.05, 4.69) is 10.6 Å². The molecule has 0 unspecified atom stereocenters. The van der Waals surface area contributed by atoms with E-state index < -0.39 is 0 Å². The third-order valence-electron chi connectivity index (χ3n) is 3.76. The van der Waals surface area contributed by atoms with E-state index in [9.17, 15) is 9.90 Å². The molecule has 1 aromatic carbocycles. The molecule has 2 amide bonds. The summed E-state index contributed by atoms with van der Waals surface area (Å²) in [7, 11) is 0. The van der Waals surface area contributed by atoms with Crippen molar-refractivity contribution in [1.29, 1.82) is 0 Å². The highest BCUT2D eigenvalue weighted by Gasteiger charge is 2.24. The second-order valence-corrected chi connectivity index (χ2v) is 5.53. The number of aliphatic hydroxyl groups is 1. The van der Waals surface area contributed by atoms with Crippen molar-refractivity contribution in [2.24, 2.45) is 0 Å². The fourth-order valence-corrected chi connectivity index (χ4v) is 2.58. The number of aliphatic hydroxyl groups excluding tert-OH is 1. The summed E-state index contributed by atoms with van der Waals surface area (Å²) in [6.07, 6.45) is 2.73. The zero-order valence-corrected chi connectivity index (χ0v) is 12.4. The van der Waals surface area contributed by atoms with Crippen molar-refractivity contribution in [1.82, 2.24) is 10.6 Å². The van der Waals surface area contributed by atoms with Crippen molar-refractivity contribution in [2.75, 3.05) is 13.2 Å². The third-order valence-corrected chi connectivity index (χ3v) is 3.76. The predicted octanol–water partition coefficient (Wildman–Crippen LogP) is 1.46. The maximum atomic E-state index is 12.0. The van der Waals surface area contributed by atoms with Gasteiger partial charge in [-0.25, -0.2) is 4.79 Å². The van der Waals surface area contributed by atoms with E-state index in [1.54, 1.807) is 0 Å². The SMILES string of the molecule is C[C@@H](NC(=O)N[C@H](CO)Cc1ccccc1)[C@@H]1CCCO1. The quantitative estimate of drug-likeness (QED) is 0.743. The maximum absolute atomic E-state index is 12.0. The van der Waals surface area contributed by atoms with Crippen molar-refractivity contribution >= 4 is 6.03 Å². The molecule has 1 aromatic rings. The highest BCUT2D eigenvalue weighted by molar-refractivity contribution is 5.74. The monoisotopic (exact) mass is 292 g/mol. The number of hydrogen-bond acceptors (Lipinski definition) is 3. The lowest BCUT2D eigenvalue weighted by Crippen LogP contribution is -2.50. The van der Waals surface area contributed by atoms with Crippen molar-refractivity contribution in [2.45, 2.75) is 44.4 Å². The first-order valence-corrected chi connectivity index (χ1v) is 7.52. The minimum Gasteiger partial charge on any atom is -0.394 e. The van der Waals surface area contributed by atoms with Crippen LogP contribution in [-0.2, 0) is 11.2 Å². The summed E-state index contributed by atoms with van der Waals surface area (Å²) in [4.78, 5) is 12.0. The highest BCUT2D eigenvalue weighted by atomic mass is 16.5. The molecule has 5 heteroatoms. The summed E-state index contributed by atoms with van der Waals surface area (Å²) in [5, 5.41) is 15.1. The van der Waals surface area contributed by atoms with Crippen molar-refractivity contribution in [3.05, 3.63) is 35.9 Å². The Hall–Kier alpha value is -1.59. The Bertz CT molecular complexity index is 432. The molecule has 0 aliphatic carbocycles. The number of ether oxygens (including phenoxy) is 1. The first-order chi connectivity index (χ1) is 10.2. The molecule has 0 bridgehead atoms. The van der Waals surface area contributed by atoms with Crippen LogP contribution in [0.25, 0.3) is 0 Å². The minimum atomic E-state index is -0.288. The van der Waals surface area contributed by atoms with Crippen LogP contribution in [0, 0.1) is 0 Å². The van der Waals surface area contributed by atoms with E-state index in [0.717, 1.165) is 25.0 Å². The van der Waals surface area contributed by atoms with Crippen LogP contribution >= 0.6 is 0 Å². The number of benzene rings is 1. The Morgan fingerprint density at radius 3 is 2.76 bits per heavy atom. The maximum Gasteiger partial charge on any atom is 0.315 e. The molecule has 1 saturated heterocycles. The molecule has 1 aliphatic rings. The van der Waals surface area contributed by atoms with E-state index >= 15 is 0 Å². The number of amides is 2. The third kappa shape index (κ3) is 5.02. The van der Waals surface area contributed by atoms with Crippen molar-refractivity contribution in [3.63, 3.8) is 0 Å². The Balaban J connectivity index is 1.79. The van der Waals surface area contributed by atoms with Crippen LogP contribution in [0.2, 0.25) is 0 Å². The molecular formula is C16H24N2O3. The summed E-state index contributed by atoms with van der Waals surface area (Å²) in [6, 6.07) is 9.24. The Morgan fingerprint density at radius 2 is 2.14 bits per heavy atom. The van der Waals surface area contributed by atoms with Gasteiger partial charge in [0.1, 0.15) is 0 Å². The molecule has 0 radical (unpaired) electrons. The molecule has 0 spiro atoms. The number of hydrogen-bond donors (Lipinski definition) is 3. The number of carbonyl (C=O) groups is 1. The Kier molecular flexibility index (Phi) is 6.02. The lowest BCUT2D eigenvalue weighted by atomic mass is 10.1. The van der Waals surface area contributed by atoms with Crippen LogP contribution in [0.15, 0.2) is 30.3 Å². The number of urea groups is 1. The topological polar surface area (TPSA) is 70.6 Å². The van der Waals surface area contributed by atoms with Gasteiger partial charge in [-0.15, -0.1) is 0 Å². The molecule has 3 N–H and O–H groups in total. The number of carbonyl (C=O) groups excluding carboxylic acids is 1. The molecule has 0 aromatic heterocycles. The van der Waals surface area contributed by atoms with Gasteiger partial charge in [0.2, 0.25) is 0 Å². The van der Waals surface area contributed by atoms with Gasteiger partial charge < -0.3 is 20.5 Å². The zero-order valence-electron chi connectivity index (χ0n) is 12.4. The summed E-state index contributed by atoms with van der Waals surface area (Å²) < 4.78 is 5.55. The van der Waals surface area contributed by atoms with Gasteiger partial charge in [0, 0.05) is 6.61 Å². The van der Waals surface area contributed by atoms with Crippen molar-refractivity contribution < 1.29 is 14.6 Å². The van der Waals surface area contributed by atoms with Gasteiger partial charge in [-0.1, -0.05) is 30.3 Å². The average molecular weight is 292 g/mol. The molecular weight excluding hydrogens is 268 g/mol. The lowest BCUT2D eigenvalue weighted by Gasteiger charge is -2.22. The smallest absolute Gasteiger partial charge is 0.315 e. The van der Waals surface area contributed by atoms with E-state index in [-0.39, 0.29) is 30.8 Å². The predicted molar refractivity (Wildman–Crippen MR) is 81.1 cm³/mol. The molecule has 1 aliphatic heterocycles. The standard InChI is InChI=1S/C16H24N2O3/c1-12(15-8-5-9-21-15)17-16(20)18-14(11-19)10-13-6-3-2-4-7-13/h2-4,6-7,12,14-15,19H,5,8-11H2,1H3,(H2,17,18,20)/t12-,14+,15+/m1/s1. The fourth-order valence-electron chi connectivity index (χ4n) is 2.58. The Labute approximate surface area is 125 Å². The average Bonchev–Trinajstić information content (AvgIpc) is 3.02. The summed E-state index contributed by atoms with van der Waals surface area (Å²) in [5.41, 5.74) is 1.09. The molecule has 1 heterocycles. The first-order valence-electron chi connectivity index (χ1n) is 7.52. The minimum absolute atomic E-state index is 0.0245. The number of nitrogens with one attached hydrogen (secondary N) is 2. The van der Waals surface area contributed by atoms with E-state index in [1.165, 1.54) is 0 Å². The molecule has 21 heavy (non-hydrogen) atoms.